The van der Waals surface area contributed by atoms with Crippen LogP contribution in [0, 0.1) is 25.7 Å². The third-order valence-electron chi connectivity index (χ3n) is 6.21. The summed E-state index contributed by atoms with van der Waals surface area (Å²) in [5, 5.41) is 4.48. The summed E-state index contributed by atoms with van der Waals surface area (Å²) in [4.78, 5) is 18.1. The van der Waals surface area contributed by atoms with Crippen molar-refractivity contribution in [3.05, 3.63) is 69.5 Å². The highest BCUT2D eigenvalue weighted by molar-refractivity contribution is 5.83. The van der Waals surface area contributed by atoms with Crippen LogP contribution in [0.5, 0.6) is 0 Å². The number of rotatable bonds is 4. The number of aromatic amines is 1. The fraction of sp³-hybridized carbons (Fsp3) is 0.400. The number of aryl methyl sites for hydroxylation is 2. The summed E-state index contributed by atoms with van der Waals surface area (Å²) in [5.41, 5.74) is 6.31. The van der Waals surface area contributed by atoms with Crippen molar-refractivity contribution in [1.82, 2.24) is 4.98 Å². The second kappa shape index (κ2) is 7.94. The molecule has 0 unspecified atom stereocenters. The lowest BCUT2D eigenvalue weighted by Gasteiger charge is -2.36. The zero-order valence-electron chi connectivity index (χ0n) is 17.9. The van der Waals surface area contributed by atoms with E-state index in [-0.39, 0.29) is 5.56 Å². The van der Waals surface area contributed by atoms with E-state index in [1.54, 1.807) is 0 Å². The Kier molecular flexibility index (Phi) is 5.35. The van der Waals surface area contributed by atoms with E-state index in [2.05, 4.69) is 79.3 Å². The smallest absolute Gasteiger partial charge is 0.253 e. The quantitative estimate of drug-likeness (QED) is 0.641. The summed E-state index contributed by atoms with van der Waals surface area (Å²) >= 11 is 0. The second-order valence-corrected chi connectivity index (χ2v) is 8.85. The topological polar surface area (TPSA) is 48.1 Å². The maximum absolute atomic E-state index is 12.5. The summed E-state index contributed by atoms with van der Waals surface area (Å²) in [7, 11) is 0. The van der Waals surface area contributed by atoms with E-state index in [1.807, 2.05) is 6.07 Å². The molecule has 4 heteroatoms. The van der Waals surface area contributed by atoms with Crippen LogP contribution in [-0.2, 0) is 6.54 Å². The molecule has 1 aliphatic rings. The molecule has 0 radical (unpaired) electrons. The van der Waals surface area contributed by atoms with Crippen LogP contribution in [0.25, 0.3) is 10.9 Å². The summed E-state index contributed by atoms with van der Waals surface area (Å²) in [6, 6.07) is 14.8. The van der Waals surface area contributed by atoms with Crippen molar-refractivity contribution < 1.29 is 0 Å². The number of aromatic nitrogens is 1. The van der Waals surface area contributed by atoms with Gasteiger partial charge in [-0.2, -0.15) is 0 Å². The number of nitrogens with one attached hydrogen (secondary N) is 2. The number of fused-ring (bicyclic) bond motifs is 1. The number of pyridine rings is 1. The molecule has 4 rings (SSSR count). The molecule has 0 bridgehead atoms. The number of piperidine rings is 1. The molecule has 0 spiro atoms. The van der Waals surface area contributed by atoms with Gasteiger partial charge >= 0.3 is 0 Å². The van der Waals surface area contributed by atoms with Crippen molar-refractivity contribution in [3.8, 4) is 0 Å². The van der Waals surface area contributed by atoms with Crippen molar-refractivity contribution in [2.45, 2.75) is 40.7 Å². The van der Waals surface area contributed by atoms with E-state index < -0.39 is 0 Å². The molecule has 1 aliphatic heterocycles. The number of H-pyrrole nitrogens is 1. The van der Waals surface area contributed by atoms with Gasteiger partial charge in [-0.15, -0.1) is 0 Å². The highest BCUT2D eigenvalue weighted by Crippen LogP contribution is 2.27. The normalized spacial score (nSPS) is 19.5. The van der Waals surface area contributed by atoms with Crippen molar-refractivity contribution >= 4 is 22.3 Å². The molecular formula is C25H31N3O. The second-order valence-electron chi connectivity index (χ2n) is 8.85. The lowest BCUT2D eigenvalue weighted by molar-refractivity contribution is 0.357. The van der Waals surface area contributed by atoms with Gasteiger partial charge in [0.25, 0.3) is 5.56 Å². The third kappa shape index (κ3) is 4.16. The van der Waals surface area contributed by atoms with Crippen molar-refractivity contribution in [2.24, 2.45) is 11.8 Å². The third-order valence-corrected chi connectivity index (χ3v) is 6.21. The minimum Gasteiger partial charge on any atom is -0.381 e. The number of benzene rings is 2. The molecule has 0 saturated carbocycles. The van der Waals surface area contributed by atoms with E-state index in [9.17, 15) is 4.79 Å². The van der Waals surface area contributed by atoms with E-state index >= 15 is 0 Å². The Balaban J connectivity index is 1.47. The summed E-state index contributed by atoms with van der Waals surface area (Å²) < 4.78 is 0. The maximum atomic E-state index is 12.5. The highest BCUT2D eigenvalue weighted by atomic mass is 16.1. The monoisotopic (exact) mass is 389 g/mol. The van der Waals surface area contributed by atoms with Gasteiger partial charge in [0, 0.05) is 36.6 Å². The number of nitrogens with zero attached hydrogens (tertiary/aromatic N) is 1. The van der Waals surface area contributed by atoms with Gasteiger partial charge in [-0.25, -0.2) is 0 Å². The predicted octanol–water partition coefficient (Wildman–Crippen LogP) is 5.24. The molecule has 3 aromatic rings. The molecule has 1 saturated heterocycles. The van der Waals surface area contributed by atoms with Gasteiger partial charge in [-0.1, -0.05) is 26.0 Å². The highest BCUT2D eigenvalue weighted by Gasteiger charge is 2.21. The van der Waals surface area contributed by atoms with E-state index in [1.165, 1.54) is 17.7 Å². The molecule has 2 N–H and O–H groups in total. The molecule has 29 heavy (non-hydrogen) atoms. The van der Waals surface area contributed by atoms with Gasteiger partial charge in [0.2, 0.25) is 0 Å². The van der Waals surface area contributed by atoms with Crippen LogP contribution >= 0.6 is 0 Å². The van der Waals surface area contributed by atoms with Crippen LogP contribution in [0.3, 0.4) is 0 Å². The first-order valence-corrected chi connectivity index (χ1v) is 10.6. The SMILES string of the molecule is Cc1ccc2cc(CNc3ccc(N4C[C@H](C)C[C@H](C)C4)cc3)c(=O)[nH]c2c1C. The van der Waals surface area contributed by atoms with Crippen LogP contribution < -0.4 is 15.8 Å². The van der Waals surface area contributed by atoms with Crippen LogP contribution in [-0.4, -0.2) is 18.1 Å². The molecule has 2 heterocycles. The largest absolute Gasteiger partial charge is 0.381 e. The lowest BCUT2D eigenvalue weighted by atomic mass is 9.91. The first-order valence-electron chi connectivity index (χ1n) is 10.6. The lowest BCUT2D eigenvalue weighted by Crippen LogP contribution is -2.38. The number of hydrogen-bond donors (Lipinski definition) is 2. The van der Waals surface area contributed by atoms with Crippen LogP contribution in [0.1, 0.15) is 37.0 Å². The van der Waals surface area contributed by atoms with E-state index in [4.69, 9.17) is 0 Å². The van der Waals surface area contributed by atoms with Crippen molar-refractivity contribution in [3.63, 3.8) is 0 Å². The zero-order valence-corrected chi connectivity index (χ0v) is 17.9. The Labute approximate surface area is 173 Å². The molecular weight excluding hydrogens is 358 g/mol. The fourth-order valence-electron chi connectivity index (χ4n) is 4.56. The van der Waals surface area contributed by atoms with Crippen molar-refractivity contribution in [2.75, 3.05) is 23.3 Å². The van der Waals surface area contributed by atoms with Crippen LogP contribution in [0.2, 0.25) is 0 Å². The Morgan fingerprint density at radius 1 is 1.03 bits per heavy atom. The molecule has 1 fully saturated rings. The first kappa shape index (κ1) is 19.6. The van der Waals surface area contributed by atoms with E-state index in [0.29, 0.717) is 6.54 Å². The minimum absolute atomic E-state index is 0.0217. The van der Waals surface area contributed by atoms with Crippen molar-refractivity contribution in [1.29, 1.82) is 0 Å². The molecule has 0 amide bonds. The van der Waals surface area contributed by atoms with Gasteiger partial charge in [0.1, 0.15) is 0 Å². The summed E-state index contributed by atoms with van der Waals surface area (Å²) in [6.45, 7) is 11.6. The number of hydrogen-bond acceptors (Lipinski definition) is 3. The average Bonchev–Trinajstić information content (AvgIpc) is 2.69. The Bertz CT molecular complexity index is 1060. The standard InChI is InChI=1S/C25H31N3O/c1-16-11-17(2)15-28(14-16)23-9-7-22(8-10-23)26-13-21-12-20-6-5-18(3)19(4)24(20)27-25(21)29/h5-10,12,16-17,26H,11,13-15H2,1-4H3,(H,27,29)/t16-,17+. The van der Waals surface area contributed by atoms with E-state index in [0.717, 1.165) is 52.6 Å². The molecule has 0 aliphatic carbocycles. The van der Waals surface area contributed by atoms with Gasteiger partial charge in [-0.3, -0.25) is 4.79 Å². The molecule has 2 aromatic carbocycles. The Morgan fingerprint density at radius 3 is 2.41 bits per heavy atom. The fourth-order valence-corrected chi connectivity index (χ4v) is 4.56. The molecule has 2 atom stereocenters. The van der Waals surface area contributed by atoms with Gasteiger partial charge in [0.05, 0.1) is 5.52 Å². The molecule has 4 nitrogen and oxygen atoms in total. The summed E-state index contributed by atoms with van der Waals surface area (Å²) in [6.07, 6.45) is 1.32. The average molecular weight is 390 g/mol. The number of anilines is 2. The van der Waals surface area contributed by atoms with Crippen LogP contribution in [0.4, 0.5) is 11.4 Å². The molecule has 152 valence electrons. The Hall–Kier alpha value is -2.75. The predicted molar refractivity (Wildman–Crippen MR) is 123 cm³/mol. The van der Waals surface area contributed by atoms with Gasteiger partial charge < -0.3 is 15.2 Å². The van der Waals surface area contributed by atoms with Gasteiger partial charge in [0.15, 0.2) is 0 Å². The van der Waals surface area contributed by atoms with Crippen LogP contribution in [0.15, 0.2) is 47.3 Å². The maximum Gasteiger partial charge on any atom is 0.253 e. The van der Waals surface area contributed by atoms with Gasteiger partial charge in [-0.05, 0) is 78.9 Å². The minimum atomic E-state index is -0.0217. The summed E-state index contributed by atoms with van der Waals surface area (Å²) in [5.74, 6) is 1.48. The molecule has 1 aromatic heterocycles. The zero-order chi connectivity index (χ0) is 20.5. The first-order chi connectivity index (χ1) is 13.9. The Morgan fingerprint density at radius 2 is 1.72 bits per heavy atom.